The topological polar surface area (TPSA) is 41.0 Å². The first kappa shape index (κ1) is 13.1. The molecule has 0 unspecified atom stereocenters. The van der Waals surface area contributed by atoms with Crippen LogP contribution < -0.4 is 10.2 Å². The Morgan fingerprint density at radius 2 is 1.89 bits per heavy atom. The average Bonchev–Trinajstić information content (AvgIpc) is 2.64. The van der Waals surface area contributed by atoms with E-state index in [2.05, 4.69) is 33.2 Å². The molecule has 1 aliphatic heterocycles. The molecule has 4 heteroatoms. The van der Waals surface area contributed by atoms with E-state index in [4.69, 9.17) is 0 Å². The number of hydrogen-bond acceptors (Lipinski definition) is 4. The largest absolute Gasteiger partial charge is 0.370 e. The maximum absolute atomic E-state index is 4.58. The van der Waals surface area contributed by atoms with Gasteiger partial charge >= 0.3 is 0 Å². The Balaban J connectivity index is 2.12. The number of nitrogens with one attached hydrogen (secondary N) is 1. The summed E-state index contributed by atoms with van der Waals surface area (Å²) in [6.45, 7) is 7.36. The minimum atomic E-state index is 0.857. The molecule has 2 heterocycles. The molecule has 1 aliphatic rings. The molecule has 18 heavy (non-hydrogen) atoms. The van der Waals surface area contributed by atoms with Crippen LogP contribution in [0.25, 0.3) is 0 Å². The third-order valence-electron chi connectivity index (χ3n) is 3.31. The summed E-state index contributed by atoms with van der Waals surface area (Å²) in [6.07, 6.45) is 6.37. The molecular formula is C14H24N4. The lowest BCUT2D eigenvalue weighted by Crippen LogP contribution is -2.25. The Morgan fingerprint density at radius 1 is 1.17 bits per heavy atom. The molecule has 1 fully saturated rings. The fourth-order valence-electron chi connectivity index (χ4n) is 2.36. The minimum absolute atomic E-state index is 0.857. The number of hydrogen-bond donors (Lipinski definition) is 1. The van der Waals surface area contributed by atoms with Gasteiger partial charge in [-0.15, -0.1) is 0 Å². The molecule has 0 radical (unpaired) electrons. The normalized spacial score (nSPS) is 16.4. The predicted molar refractivity (Wildman–Crippen MR) is 76.2 cm³/mol. The number of rotatable bonds is 4. The van der Waals surface area contributed by atoms with E-state index in [1.807, 2.05) is 6.92 Å². The van der Waals surface area contributed by atoms with Crippen molar-refractivity contribution in [2.24, 2.45) is 0 Å². The average molecular weight is 248 g/mol. The second-order valence-corrected chi connectivity index (χ2v) is 4.99. The maximum atomic E-state index is 4.58. The molecule has 1 N–H and O–H groups in total. The molecule has 0 aliphatic carbocycles. The number of aryl methyl sites for hydroxylation is 1. The van der Waals surface area contributed by atoms with Gasteiger partial charge in [0.15, 0.2) is 0 Å². The fraction of sp³-hybridized carbons (Fsp3) is 0.714. The molecule has 4 nitrogen and oxygen atoms in total. The van der Waals surface area contributed by atoms with Crippen LogP contribution in [0, 0.1) is 6.92 Å². The Bertz CT molecular complexity index is 370. The first-order chi connectivity index (χ1) is 8.79. The highest BCUT2D eigenvalue weighted by molar-refractivity contribution is 5.49. The molecule has 2 rings (SSSR count). The van der Waals surface area contributed by atoms with Crippen LogP contribution in [0.4, 0.5) is 11.6 Å². The number of anilines is 2. The molecule has 1 saturated heterocycles. The van der Waals surface area contributed by atoms with E-state index >= 15 is 0 Å². The van der Waals surface area contributed by atoms with Crippen LogP contribution in [0.1, 0.15) is 44.9 Å². The maximum Gasteiger partial charge on any atom is 0.134 e. The number of aromatic nitrogens is 2. The Morgan fingerprint density at radius 3 is 2.56 bits per heavy atom. The van der Waals surface area contributed by atoms with E-state index in [9.17, 15) is 0 Å². The zero-order valence-corrected chi connectivity index (χ0v) is 11.6. The summed E-state index contributed by atoms with van der Waals surface area (Å²) in [7, 11) is 0. The highest BCUT2D eigenvalue weighted by Crippen LogP contribution is 2.20. The van der Waals surface area contributed by atoms with Crippen molar-refractivity contribution in [3.8, 4) is 0 Å². The van der Waals surface area contributed by atoms with Crippen molar-refractivity contribution in [1.29, 1.82) is 0 Å². The fourth-order valence-corrected chi connectivity index (χ4v) is 2.36. The van der Waals surface area contributed by atoms with E-state index in [0.29, 0.717) is 0 Å². The summed E-state index contributed by atoms with van der Waals surface area (Å²) in [6, 6.07) is 2.09. The van der Waals surface area contributed by atoms with Crippen LogP contribution in [0.5, 0.6) is 0 Å². The van der Waals surface area contributed by atoms with E-state index in [0.717, 1.165) is 43.5 Å². The second-order valence-electron chi connectivity index (χ2n) is 4.99. The van der Waals surface area contributed by atoms with Crippen molar-refractivity contribution in [1.82, 2.24) is 9.97 Å². The highest BCUT2D eigenvalue weighted by atomic mass is 15.2. The summed E-state index contributed by atoms with van der Waals surface area (Å²) in [5.74, 6) is 2.90. The lowest BCUT2D eigenvalue weighted by atomic mass is 10.2. The summed E-state index contributed by atoms with van der Waals surface area (Å²) in [4.78, 5) is 11.4. The van der Waals surface area contributed by atoms with E-state index in [1.54, 1.807) is 0 Å². The van der Waals surface area contributed by atoms with E-state index < -0.39 is 0 Å². The zero-order valence-electron chi connectivity index (χ0n) is 11.6. The summed E-state index contributed by atoms with van der Waals surface area (Å²) in [5.41, 5.74) is 0. The molecule has 0 amide bonds. The van der Waals surface area contributed by atoms with Crippen molar-refractivity contribution < 1.29 is 0 Å². The van der Waals surface area contributed by atoms with Crippen molar-refractivity contribution in [2.75, 3.05) is 29.9 Å². The van der Waals surface area contributed by atoms with Crippen molar-refractivity contribution >= 4 is 11.6 Å². The first-order valence-corrected chi connectivity index (χ1v) is 7.14. The SMILES string of the molecule is CCCNc1cc(N2CCCCCC2)nc(C)n1. The van der Waals surface area contributed by atoms with Crippen LogP contribution in [0.15, 0.2) is 6.07 Å². The van der Waals surface area contributed by atoms with Gasteiger partial charge < -0.3 is 10.2 Å². The second kappa shape index (κ2) is 6.57. The van der Waals surface area contributed by atoms with Crippen LogP contribution in [0.3, 0.4) is 0 Å². The van der Waals surface area contributed by atoms with Crippen LogP contribution >= 0.6 is 0 Å². The molecule has 0 aromatic carbocycles. The monoisotopic (exact) mass is 248 g/mol. The third kappa shape index (κ3) is 3.59. The van der Waals surface area contributed by atoms with Crippen LogP contribution in [-0.2, 0) is 0 Å². The molecule has 1 aromatic rings. The van der Waals surface area contributed by atoms with Gasteiger partial charge in [0.25, 0.3) is 0 Å². The van der Waals surface area contributed by atoms with Crippen molar-refractivity contribution in [3.63, 3.8) is 0 Å². The molecule has 0 bridgehead atoms. The van der Waals surface area contributed by atoms with Gasteiger partial charge in [-0.3, -0.25) is 0 Å². The van der Waals surface area contributed by atoms with Gasteiger partial charge in [0.1, 0.15) is 17.5 Å². The Labute approximate surface area is 110 Å². The van der Waals surface area contributed by atoms with Gasteiger partial charge in [0.05, 0.1) is 0 Å². The Hall–Kier alpha value is -1.32. The molecule has 0 atom stereocenters. The zero-order chi connectivity index (χ0) is 12.8. The molecular weight excluding hydrogens is 224 g/mol. The molecule has 0 saturated carbocycles. The van der Waals surface area contributed by atoms with Gasteiger partial charge in [-0.25, -0.2) is 9.97 Å². The lowest BCUT2D eigenvalue weighted by Gasteiger charge is -2.22. The predicted octanol–water partition coefficient (Wildman–Crippen LogP) is 2.99. The molecule has 100 valence electrons. The summed E-state index contributed by atoms with van der Waals surface area (Å²) >= 11 is 0. The third-order valence-corrected chi connectivity index (χ3v) is 3.31. The highest BCUT2D eigenvalue weighted by Gasteiger charge is 2.12. The number of nitrogens with zero attached hydrogens (tertiary/aromatic N) is 3. The smallest absolute Gasteiger partial charge is 0.134 e. The van der Waals surface area contributed by atoms with Crippen molar-refractivity contribution in [3.05, 3.63) is 11.9 Å². The van der Waals surface area contributed by atoms with Gasteiger partial charge in [0, 0.05) is 25.7 Å². The van der Waals surface area contributed by atoms with Crippen LogP contribution in [-0.4, -0.2) is 29.6 Å². The van der Waals surface area contributed by atoms with E-state index in [-0.39, 0.29) is 0 Å². The summed E-state index contributed by atoms with van der Waals surface area (Å²) in [5, 5.41) is 3.35. The van der Waals surface area contributed by atoms with Crippen LogP contribution in [0.2, 0.25) is 0 Å². The molecule has 1 aromatic heterocycles. The quantitative estimate of drug-likeness (QED) is 0.889. The van der Waals surface area contributed by atoms with Gasteiger partial charge in [-0.1, -0.05) is 19.8 Å². The Kier molecular flexibility index (Phi) is 4.79. The van der Waals surface area contributed by atoms with Crippen molar-refractivity contribution in [2.45, 2.75) is 46.0 Å². The van der Waals surface area contributed by atoms with Gasteiger partial charge in [-0.2, -0.15) is 0 Å². The minimum Gasteiger partial charge on any atom is -0.370 e. The lowest BCUT2D eigenvalue weighted by molar-refractivity contribution is 0.726. The van der Waals surface area contributed by atoms with Gasteiger partial charge in [0.2, 0.25) is 0 Å². The van der Waals surface area contributed by atoms with E-state index in [1.165, 1.54) is 25.7 Å². The standard InChI is InChI=1S/C14H24N4/c1-3-8-15-13-11-14(17-12(2)16-13)18-9-6-4-5-7-10-18/h11H,3-10H2,1-2H3,(H,15,16,17). The summed E-state index contributed by atoms with van der Waals surface area (Å²) < 4.78 is 0. The first-order valence-electron chi connectivity index (χ1n) is 7.14. The molecule has 0 spiro atoms. The van der Waals surface area contributed by atoms with Gasteiger partial charge in [-0.05, 0) is 26.2 Å².